The maximum absolute atomic E-state index is 12.2. The van der Waals surface area contributed by atoms with Gasteiger partial charge < -0.3 is 9.88 Å². The van der Waals surface area contributed by atoms with Crippen molar-refractivity contribution >= 4 is 5.91 Å². The second-order valence-electron chi connectivity index (χ2n) is 6.14. The minimum Gasteiger partial charge on any atom is -0.353 e. The average molecular weight is 326 g/mol. The lowest BCUT2D eigenvalue weighted by Gasteiger charge is -2.27. The van der Waals surface area contributed by atoms with Crippen LogP contribution in [0.4, 0.5) is 0 Å². The first-order chi connectivity index (χ1) is 11.7. The van der Waals surface area contributed by atoms with Crippen LogP contribution < -0.4 is 10.9 Å². The third-order valence-corrected chi connectivity index (χ3v) is 4.52. The Labute approximate surface area is 141 Å². The summed E-state index contributed by atoms with van der Waals surface area (Å²) in [7, 11) is 0. The van der Waals surface area contributed by atoms with Crippen LogP contribution in [0.3, 0.4) is 0 Å². The summed E-state index contributed by atoms with van der Waals surface area (Å²) in [4.78, 5) is 32.0. The van der Waals surface area contributed by atoms with Crippen LogP contribution in [0.15, 0.2) is 35.6 Å². The van der Waals surface area contributed by atoms with E-state index < -0.39 is 0 Å². The molecule has 0 aliphatic heterocycles. The second-order valence-corrected chi connectivity index (χ2v) is 6.14. The fourth-order valence-electron chi connectivity index (χ4n) is 3.31. The predicted molar refractivity (Wildman–Crippen MR) is 90.7 cm³/mol. The molecule has 0 aromatic carbocycles. The highest BCUT2D eigenvalue weighted by Crippen LogP contribution is 2.20. The average Bonchev–Trinajstić information content (AvgIpc) is 2.61. The van der Waals surface area contributed by atoms with Crippen LogP contribution in [0.1, 0.15) is 36.6 Å². The summed E-state index contributed by atoms with van der Waals surface area (Å²) in [6.45, 7) is 2.68. The quantitative estimate of drug-likeness (QED) is 0.897. The molecule has 1 aliphatic rings. The van der Waals surface area contributed by atoms with Gasteiger partial charge in [-0.2, -0.15) is 0 Å². The van der Waals surface area contributed by atoms with Gasteiger partial charge in [-0.05, 0) is 43.7 Å². The Balaban J connectivity index is 1.58. The van der Waals surface area contributed by atoms with Gasteiger partial charge in [0.1, 0.15) is 6.33 Å². The van der Waals surface area contributed by atoms with E-state index in [1.54, 1.807) is 18.5 Å². The smallest absolute Gasteiger partial charge is 0.250 e. The molecule has 2 heterocycles. The molecule has 1 atom stereocenters. The maximum atomic E-state index is 12.2. The number of carbonyl (C=O) groups is 1. The number of carbonyl (C=O) groups excluding carboxylic acids is 1. The number of amides is 1. The molecule has 1 N–H and O–H groups in total. The Kier molecular flexibility index (Phi) is 5.03. The molecule has 1 aliphatic carbocycles. The van der Waals surface area contributed by atoms with Crippen molar-refractivity contribution in [2.75, 3.05) is 0 Å². The van der Waals surface area contributed by atoms with E-state index >= 15 is 0 Å². The van der Waals surface area contributed by atoms with Gasteiger partial charge in [0.25, 0.3) is 5.56 Å². The maximum Gasteiger partial charge on any atom is 0.250 e. The topological polar surface area (TPSA) is 76.9 Å². The van der Waals surface area contributed by atoms with Gasteiger partial charge in [-0.3, -0.25) is 9.59 Å². The lowest BCUT2D eigenvalue weighted by molar-refractivity contribution is -0.121. The van der Waals surface area contributed by atoms with E-state index in [0.29, 0.717) is 19.4 Å². The fraction of sp³-hybridized carbons (Fsp3) is 0.444. The van der Waals surface area contributed by atoms with Gasteiger partial charge in [-0.15, -0.1) is 0 Å². The number of fused-ring (bicyclic) bond motifs is 1. The van der Waals surface area contributed by atoms with E-state index in [9.17, 15) is 9.59 Å². The van der Waals surface area contributed by atoms with E-state index in [1.807, 2.05) is 17.6 Å². The first-order valence-electron chi connectivity index (χ1n) is 8.42. The van der Waals surface area contributed by atoms with Gasteiger partial charge in [-0.25, -0.2) is 9.97 Å². The number of hydrogen-bond donors (Lipinski definition) is 1. The van der Waals surface area contributed by atoms with E-state index in [0.717, 1.165) is 30.5 Å². The summed E-state index contributed by atoms with van der Waals surface area (Å²) in [6.07, 6.45) is 8.53. The van der Waals surface area contributed by atoms with Gasteiger partial charge in [-0.1, -0.05) is 6.07 Å². The molecule has 0 unspecified atom stereocenters. The lowest BCUT2D eigenvalue weighted by Crippen LogP contribution is -2.40. The van der Waals surface area contributed by atoms with Crippen LogP contribution in [0.2, 0.25) is 0 Å². The highest BCUT2D eigenvalue weighted by Gasteiger charge is 2.22. The summed E-state index contributed by atoms with van der Waals surface area (Å²) in [5, 5.41) is 3.11. The van der Waals surface area contributed by atoms with E-state index in [4.69, 9.17) is 0 Å². The molecule has 24 heavy (non-hydrogen) atoms. The predicted octanol–water partition coefficient (Wildman–Crippen LogP) is 1.26. The Hall–Kier alpha value is -2.50. The largest absolute Gasteiger partial charge is 0.353 e. The Morgan fingerprint density at radius 2 is 2.12 bits per heavy atom. The van der Waals surface area contributed by atoms with Gasteiger partial charge in [0, 0.05) is 43.2 Å². The Morgan fingerprint density at radius 1 is 1.33 bits per heavy atom. The van der Waals surface area contributed by atoms with Crippen molar-refractivity contribution in [3.8, 4) is 0 Å². The van der Waals surface area contributed by atoms with Crippen molar-refractivity contribution in [3.05, 3.63) is 58.0 Å². The van der Waals surface area contributed by atoms with E-state index in [2.05, 4.69) is 15.3 Å². The highest BCUT2D eigenvalue weighted by molar-refractivity contribution is 5.76. The molecule has 0 fully saturated rings. The zero-order valence-electron chi connectivity index (χ0n) is 13.9. The van der Waals surface area contributed by atoms with E-state index in [-0.39, 0.29) is 17.5 Å². The van der Waals surface area contributed by atoms with Crippen LogP contribution in [-0.4, -0.2) is 26.5 Å². The Bertz CT molecular complexity index is 770. The van der Waals surface area contributed by atoms with Crippen LogP contribution in [0.25, 0.3) is 0 Å². The van der Waals surface area contributed by atoms with Crippen molar-refractivity contribution in [2.24, 2.45) is 0 Å². The number of hydrogen-bond acceptors (Lipinski definition) is 4. The summed E-state index contributed by atoms with van der Waals surface area (Å²) in [6, 6.07) is 3.67. The molecule has 126 valence electrons. The third kappa shape index (κ3) is 3.69. The zero-order chi connectivity index (χ0) is 16.9. The molecular formula is C18H22N4O2. The molecule has 2 aromatic rings. The van der Waals surface area contributed by atoms with Gasteiger partial charge >= 0.3 is 0 Å². The van der Waals surface area contributed by atoms with Crippen molar-refractivity contribution in [2.45, 2.75) is 51.6 Å². The van der Waals surface area contributed by atoms with Crippen molar-refractivity contribution in [1.82, 2.24) is 19.9 Å². The van der Waals surface area contributed by atoms with Crippen LogP contribution in [-0.2, 0) is 30.6 Å². The minimum absolute atomic E-state index is 0.0520. The van der Waals surface area contributed by atoms with Gasteiger partial charge in [0.05, 0.1) is 0 Å². The van der Waals surface area contributed by atoms with Crippen molar-refractivity contribution < 1.29 is 4.79 Å². The fourth-order valence-corrected chi connectivity index (χ4v) is 3.31. The highest BCUT2D eigenvalue weighted by atomic mass is 16.1. The first-order valence-corrected chi connectivity index (χ1v) is 8.42. The van der Waals surface area contributed by atoms with Crippen LogP contribution >= 0.6 is 0 Å². The van der Waals surface area contributed by atoms with Crippen LogP contribution in [0.5, 0.6) is 0 Å². The molecule has 0 spiro atoms. The molecule has 6 heteroatoms. The Morgan fingerprint density at radius 3 is 2.88 bits per heavy atom. The number of aryl methyl sites for hydroxylation is 1. The van der Waals surface area contributed by atoms with Crippen molar-refractivity contribution in [1.29, 1.82) is 0 Å². The summed E-state index contributed by atoms with van der Waals surface area (Å²) < 4.78 is 1.84. The summed E-state index contributed by atoms with van der Waals surface area (Å²) in [5.74, 6) is 0.0520. The van der Waals surface area contributed by atoms with E-state index in [1.165, 1.54) is 11.9 Å². The first kappa shape index (κ1) is 16.4. The lowest BCUT2D eigenvalue weighted by atomic mass is 9.91. The molecule has 1 amide bonds. The summed E-state index contributed by atoms with van der Waals surface area (Å²) in [5.41, 5.74) is 3.32. The second kappa shape index (κ2) is 7.38. The van der Waals surface area contributed by atoms with Crippen LogP contribution in [0, 0.1) is 0 Å². The minimum atomic E-state index is 0.0520. The number of nitrogens with one attached hydrogen (secondary N) is 1. The molecule has 3 rings (SSSR count). The monoisotopic (exact) mass is 326 g/mol. The molecule has 6 nitrogen and oxygen atoms in total. The SMILES string of the molecule is CCn1c2c(ccc1=O)C[C@@H](NC(=O)CCc1cncnc1)CC2. The molecule has 0 saturated carbocycles. The number of pyridine rings is 1. The standard InChI is InChI=1S/C18H22N4O2/c1-2-22-16-6-5-15(9-14(16)4-8-18(22)24)21-17(23)7-3-13-10-19-12-20-11-13/h4,8,10-12,15H,2-3,5-7,9H2,1H3,(H,21,23)/t15-/m0/s1. The zero-order valence-corrected chi connectivity index (χ0v) is 13.9. The molecule has 0 saturated heterocycles. The normalized spacial score (nSPS) is 16.5. The van der Waals surface area contributed by atoms with Gasteiger partial charge in [0.2, 0.25) is 5.91 Å². The molecule has 0 bridgehead atoms. The molecule has 0 radical (unpaired) electrons. The summed E-state index contributed by atoms with van der Waals surface area (Å²) >= 11 is 0. The van der Waals surface area contributed by atoms with Crippen molar-refractivity contribution in [3.63, 3.8) is 0 Å². The van der Waals surface area contributed by atoms with Gasteiger partial charge in [0.15, 0.2) is 0 Å². The third-order valence-electron chi connectivity index (χ3n) is 4.52. The molecular weight excluding hydrogens is 304 g/mol. The number of rotatable bonds is 5. The number of nitrogens with zero attached hydrogens (tertiary/aromatic N) is 3. The number of aromatic nitrogens is 3. The molecule has 2 aromatic heterocycles.